The lowest BCUT2D eigenvalue weighted by atomic mass is 9.91. The van der Waals surface area contributed by atoms with E-state index in [0.29, 0.717) is 37.6 Å². The van der Waals surface area contributed by atoms with Crippen molar-refractivity contribution < 1.29 is 18.7 Å². The highest BCUT2D eigenvalue weighted by molar-refractivity contribution is 5.77. The number of hydrogen-bond acceptors (Lipinski definition) is 7. The second-order valence-corrected chi connectivity index (χ2v) is 8.10. The molecule has 4 heterocycles. The normalized spacial score (nSPS) is 16.2. The maximum Gasteiger partial charge on any atom is 0.248 e. The number of carbonyl (C=O) groups is 1. The van der Waals surface area contributed by atoms with Crippen LogP contribution in [0.25, 0.3) is 5.65 Å². The molecule has 5 rings (SSSR count). The minimum atomic E-state index is -0.256. The van der Waals surface area contributed by atoms with Gasteiger partial charge in [0.15, 0.2) is 5.65 Å². The van der Waals surface area contributed by atoms with Gasteiger partial charge in [0.1, 0.15) is 24.5 Å². The molecule has 9 nitrogen and oxygen atoms in total. The van der Waals surface area contributed by atoms with Crippen LogP contribution < -0.4 is 10.1 Å². The minimum Gasteiger partial charge on any atom is -0.493 e. The molecule has 2 aromatic heterocycles. The first-order valence-corrected chi connectivity index (χ1v) is 10.8. The fourth-order valence-electron chi connectivity index (χ4n) is 4.58. The number of hydrogen-bond donors (Lipinski definition) is 1. The van der Waals surface area contributed by atoms with Gasteiger partial charge in [-0.25, -0.2) is 9.37 Å². The number of benzene rings is 1. The van der Waals surface area contributed by atoms with Crippen LogP contribution in [0.3, 0.4) is 0 Å². The molecule has 2 aliphatic rings. The van der Waals surface area contributed by atoms with E-state index in [0.717, 1.165) is 35.4 Å². The lowest BCUT2D eigenvalue weighted by molar-refractivity contribution is -0.136. The van der Waals surface area contributed by atoms with E-state index in [9.17, 15) is 9.18 Å². The van der Waals surface area contributed by atoms with Crippen LogP contribution in [-0.4, -0.2) is 63.8 Å². The first kappa shape index (κ1) is 20.6. The Labute approximate surface area is 184 Å². The molecule has 0 unspecified atom stereocenters. The summed E-state index contributed by atoms with van der Waals surface area (Å²) in [5.74, 6) is 1.30. The number of likely N-dealkylation sites (tertiary alicyclic amines) is 1. The first-order chi connectivity index (χ1) is 15.7. The molecule has 2 aliphatic heterocycles. The summed E-state index contributed by atoms with van der Waals surface area (Å²) in [7, 11) is 1.53. The van der Waals surface area contributed by atoms with Crippen LogP contribution in [0.2, 0.25) is 0 Å². The number of aromatic nitrogens is 4. The van der Waals surface area contributed by atoms with Gasteiger partial charge >= 0.3 is 0 Å². The third kappa shape index (κ3) is 3.75. The molecule has 1 N–H and O–H groups in total. The van der Waals surface area contributed by atoms with E-state index in [-0.39, 0.29) is 30.8 Å². The molecule has 0 aliphatic carbocycles. The number of amides is 1. The van der Waals surface area contributed by atoms with Crippen LogP contribution in [-0.2, 0) is 22.5 Å². The number of piperidine rings is 1. The third-order valence-corrected chi connectivity index (χ3v) is 6.28. The van der Waals surface area contributed by atoms with Crippen molar-refractivity contribution in [3.63, 3.8) is 0 Å². The predicted octanol–water partition coefficient (Wildman–Crippen LogP) is 2.16. The Balaban J connectivity index is 1.33. The van der Waals surface area contributed by atoms with E-state index in [4.69, 9.17) is 9.47 Å². The quantitative estimate of drug-likeness (QED) is 0.628. The summed E-state index contributed by atoms with van der Waals surface area (Å²) in [5.41, 5.74) is 3.24. The number of carbonyl (C=O) groups excluding carboxylic acids is 1. The highest BCUT2D eigenvalue weighted by Crippen LogP contribution is 2.32. The van der Waals surface area contributed by atoms with Crippen LogP contribution in [0.1, 0.15) is 35.4 Å². The summed E-state index contributed by atoms with van der Waals surface area (Å²) in [6.07, 6.45) is 5.78. The summed E-state index contributed by atoms with van der Waals surface area (Å²) in [6.45, 7) is 2.32. The van der Waals surface area contributed by atoms with Gasteiger partial charge in [0.05, 0.1) is 6.61 Å². The standard InChI is InChI=1S/C22H25FN6O3/c1-31-12-20(30)28-7-4-14(5-8-28)16-10-24-22(29-13-26-27-21(16)29)25-11-17-15-6-9-32-19(15)3-2-18(17)23/h2-3,10,13-14H,4-9,11-12H2,1H3,(H,24,25). The molecule has 1 saturated heterocycles. The molecule has 0 spiro atoms. The summed E-state index contributed by atoms with van der Waals surface area (Å²) in [5, 5.41) is 11.6. The van der Waals surface area contributed by atoms with Crippen molar-refractivity contribution in [2.75, 3.05) is 38.7 Å². The zero-order valence-corrected chi connectivity index (χ0v) is 17.9. The van der Waals surface area contributed by atoms with Crippen molar-refractivity contribution in [3.8, 4) is 5.75 Å². The van der Waals surface area contributed by atoms with Gasteiger partial charge in [-0.1, -0.05) is 0 Å². The average Bonchev–Trinajstić information content (AvgIpc) is 3.49. The summed E-state index contributed by atoms with van der Waals surface area (Å²) in [4.78, 5) is 18.5. The van der Waals surface area contributed by atoms with E-state index >= 15 is 0 Å². The molecule has 1 amide bonds. The van der Waals surface area contributed by atoms with Crippen molar-refractivity contribution in [2.24, 2.45) is 0 Å². The number of nitrogens with one attached hydrogen (secondary N) is 1. The molecule has 32 heavy (non-hydrogen) atoms. The van der Waals surface area contributed by atoms with Crippen LogP contribution in [0.5, 0.6) is 5.75 Å². The van der Waals surface area contributed by atoms with E-state index in [1.807, 2.05) is 11.1 Å². The monoisotopic (exact) mass is 440 g/mol. The molecule has 0 saturated carbocycles. The Kier molecular flexibility index (Phi) is 5.60. The van der Waals surface area contributed by atoms with Crippen LogP contribution in [0.15, 0.2) is 24.7 Å². The number of anilines is 1. The molecular formula is C22H25FN6O3. The van der Waals surface area contributed by atoms with Crippen LogP contribution in [0.4, 0.5) is 10.3 Å². The molecule has 10 heteroatoms. The second-order valence-electron chi connectivity index (χ2n) is 8.10. The van der Waals surface area contributed by atoms with Crippen LogP contribution in [0, 0.1) is 5.82 Å². The Morgan fingerprint density at radius 1 is 1.34 bits per heavy atom. The molecule has 1 fully saturated rings. The number of methoxy groups -OCH3 is 1. The summed E-state index contributed by atoms with van der Waals surface area (Å²) in [6, 6.07) is 3.12. The van der Waals surface area contributed by atoms with Crippen molar-refractivity contribution in [2.45, 2.75) is 31.7 Å². The first-order valence-electron chi connectivity index (χ1n) is 10.8. The number of ether oxygens (including phenoxy) is 2. The average molecular weight is 440 g/mol. The maximum atomic E-state index is 14.5. The topological polar surface area (TPSA) is 93.9 Å². The van der Waals surface area contributed by atoms with E-state index in [2.05, 4.69) is 20.5 Å². The molecule has 0 bridgehead atoms. The van der Waals surface area contributed by atoms with Gasteiger partial charge in [-0.15, -0.1) is 10.2 Å². The zero-order valence-electron chi connectivity index (χ0n) is 17.9. The van der Waals surface area contributed by atoms with Crippen molar-refractivity contribution >= 4 is 17.5 Å². The molecule has 0 radical (unpaired) electrons. The fourth-order valence-corrected chi connectivity index (χ4v) is 4.58. The van der Waals surface area contributed by atoms with E-state index in [1.165, 1.54) is 13.2 Å². The van der Waals surface area contributed by atoms with Gasteiger partial charge in [0, 0.05) is 56.1 Å². The molecular weight excluding hydrogens is 415 g/mol. The SMILES string of the molecule is COCC(=O)N1CCC(c2cnc(NCc3c(F)ccc4c3CCO4)n3cnnc23)CC1. The molecule has 168 valence electrons. The minimum absolute atomic E-state index is 0.0151. The Morgan fingerprint density at radius 3 is 3.00 bits per heavy atom. The summed E-state index contributed by atoms with van der Waals surface area (Å²) >= 11 is 0. The lowest BCUT2D eigenvalue weighted by Crippen LogP contribution is -2.39. The fraction of sp³-hybridized carbons (Fsp3) is 0.455. The Bertz CT molecular complexity index is 1140. The van der Waals surface area contributed by atoms with Gasteiger partial charge in [0.2, 0.25) is 11.9 Å². The van der Waals surface area contributed by atoms with Crippen molar-refractivity contribution in [1.82, 2.24) is 24.5 Å². The van der Waals surface area contributed by atoms with E-state index in [1.54, 1.807) is 16.8 Å². The van der Waals surface area contributed by atoms with E-state index < -0.39 is 0 Å². The highest BCUT2D eigenvalue weighted by atomic mass is 19.1. The van der Waals surface area contributed by atoms with Crippen molar-refractivity contribution in [3.05, 3.63) is 47.2 Å². The zero-order chi connectivity index (χ0) is 22.1. The van der Waals surface area contributed by atoms with Gasteiger partial charge in [-0.3, -0.25) is 9.20 Å². The van der Waals surface area contributed by atoms with Crippen molar-refractivity contribution in [1.29, 1.82) is 0 Å². The lowest BCUT2D eigenvalue weighted by Gasteiger charge is -2.32. The van der Waals surface area contributed by atoms with Gasteiger partial charge in [-0.2, -0.15) is 0 Å². The van der Waals surface area contributed by atoms with Gasteiger partial charge < -0.3 is 19.7 Å². The summed E-state index contributed by atoms with van der Waals surface area (Å²) < 4.78 is 26.8. The molecule has 3 aromatic rings. The molecule has 0 atom stereocenters. The smallest absolute Gasteiger partial charge is 0.248 e. The number of nitrogens with zero attached hydrogens (tertiary/aromatic N) is 5. The third-order valence-electron chi connectivity index (χ3n) is 6.28. The predicted molar refractivity (Wildman–Crippen MR) is 114 cm³/mol. The maximum absolute atomic E-state index is 14.5. The Morgan fingerprint density at radius 2 is 2.19 bits per heavy atom. The van der Waals surface area contributed by atoms with Crippen LogP contribution >= 0.6 is 0 Å². The highest BCUT2D eigenvalue weighted by Gasteiger charge is 2.26. The number of fused-ring (bicyclic) bond motifs is 2. The Hall–Kier alpha value is -3.27. The number of rotatable bonds is 6. The second kappa shape index (κ2) is 8.70. The molecule has 1 aromatic carbocycles. The van der Waals surface area contributed by atoms with Gasteiger partial charge in [-0.05, 0) is 30.9 Å². The number of halogens is 1. The largest absolute Gasteiger partial charge is 0.493 e. The van der Waals surface area contributed by atoms with Gasteiger partial charge in [0.25, 0.3) is 0 Å².